The maximum absolute atomic E-state index is 11.9. The predicted molar refractivity (Wildman–Crippen MR) is 73.2 cm³/mol. The van der Waals surface area contributed by atoms with Gasteiger partial charge in [-0.1, -0.05) is 20.8 Å². The van der Waals surface area contributed by atoms with Gasteiger partial charge in [0, 0.05) is 26.1 Å². The van der Waals surface area contributed by atoms with E-state index in [9.17, 15) is 14.4 Å². The van der Waals surface area contributed by atoms with Crippen molar-refractivity contribution in [2.75, 3.05) is 13.6 Å². The Morgan fingerprint density at radius 2 is 2.00 bits per heavy atom. The van der Waals surface area contributed by atoms with Gasteiger partial charge in [-0.05, 0) is 11.8 Å². The van der Waals surface area contributed by atoms with Gasteiger partial charge < -0.3 is 20.6 Å². The molecule has 0 aromatic rings. The number of likely N-dealkylation sites (tertiary alicyclic amines) is 1. The normalized spacial score (nSPS) is 21.3. The molecule has 1 fully saturated rings. The van der Waals surface area contributed by atoms with Crippen LogP contribution in [-0.2, 0) is 9.59 Å². The number of nitrogens with one attached hydrogen (secondary N) is 2. The van der Waals surface area contributed by atoms with Gasteiger partial charge in [-0.25, -0.2) is 9.59 Å². The van der Waals surface area contributed by atoms with Gasteiger partial charge in [0.2, 0.25) is 5.91 Å². The molecule has 1 aliphatic heterocycles. The summed E-state index contributed by atoms with van der Waals surface area (Å²) in [5.41, 5.74) is -0.581. The number of carbonyl (C=O) groups is 3. The van der Waals surface area contributed by atoms with Crippen LogP contribution in [0.2, 0.25) is 0 Å². The van der Waals surface area contributed by atoms with E-state index in [4.69, 9.17) is 5.11 Å². The number of carbonyl (C=O) groups excluding carboxylic acids is 2. The first-order valence-electron chi connectivity index (χ1n) is 6.65. The first kappa shape index (κ1) is 16.3. The molecule has 1 aliphatic rings. The number of carboxylic acids is 1. The highest BCUT2D eigenvalue weighted by atomic mass is 16.4. The van der Waals surface area contributed by atoms with Crippen LogP contribution < -0.4 is 10.6 Å². The topological polar surface area (TPSA) is 98.7 Å². The molecule has 114 valence electrons. The molecule has 0 spiro atoms. The Kier molecular flexibility index (Phi) is 4.97. The maximum atomic E-state index is 11.9. The van der Waals surface area contributed by atoms with E-state index in [1.54, 1.807) is 32.7 Å². The summed E-state index contributed by atoms with van der Waals surface area (Å²) in [4.78, 5) is 36.0. The summed E-state index contributed by atoms with van der Waals surface area (Å²) in [5.74, 6) is -1.01. The van der Waals surface area contributed by atoms with Crippen molar-refractivity contribution in [1.82, 2.24) is 15.5 Å². The van der Waals surface area contributed by atoms with Crippen LogP contribution in [0.15, 0.2) is 0 Å². The van der Waals surface area contributed by atoms with Crippen LogP contribution >= 0.6 is 0 Å². The second kappa shape index (κ2) is 6.11. The van der Waals surface area contributed by atoms with Crippen LogP contribution in [0.25, 0.3) is 0 Å². The molecule has 1 saturated heterocycles. The third-order valence-electron chi connectivity index (χ3n) is 3.35. The highest BCUT2D eigenvalue weighted by Crippen LogP contribution is 2.19. The largest absolute Gasteiger partial charge is 0.480 e. The summed E-state index contributed by atoms with van der Waals surface area (Å²) in [5, 5.41) is 14.3. The fraction of sp³-hybridized carbons (Fsp3) is 0.769. The zero-order chi connectivity index (χ0) is 15.5. The van der Waals surface area contributed by atoms with Crippen LogP contribution in [0.3, 0.4) is 0 Å². The standard InChI is InChI=1S/C13H23N3O4/c1-13(2,3)10(11(18)19)15-12(20)14-8-5-6-9(17)16(4)7-8/h8,10H,5-7H2,1-4H3,(H,18,19)(H2,14,15,20)/t8?,10-/m1/s1. The van der Waals surface area contributed by atoms with E-state index in [1.807, 2.05) is 0 Å². The molecule has 3 amide bonds. The minimum atomic E-state index is -1.07. The smallest absolute Gasteiger partial charge is 0.326 e. The van der Waals surface area contributed by atoms with Crippen LogP contribution in [0.4, 0.5) is 4.79 Å². The fourth-order valence-electron chi connectivity index (χ4n) is 2.14. The molecule has 0 aliphatic carbocycles. The van der Waals surface area contributed by atoms with Gasteiger partial charge in [-0.3, -0.25) is 4.79 Å². The van der Waals surface area contributed by atoms with Gasteiger partial charge in [-0.15, -0.1) is 0 Å². The number of aliphatic carboxylic acids is 1. The SMILES string of the molecule is CN1CC(NC(=O)N[C@H](C(=O)O)C(C)(C)C)CCC1=O. The molecule has 20 heavy (non-hydrogen) atoms. The van der Waals surface area contributed by atoms with E-state index in [0.717, 1.165) is 0 Å². The van der Waals surface area contributed by atoms with Gasteiger partial charge in [0.05, 0.1) is 0 Å². The average Bonchev–Trinajstić information content (AvgIpc) is 2.29. The lowest BCUT2D eigenvalue weighted by atomic mass is 9.87. The number of hydrogen-bond acceptors (Lipinski definition) is 3. The summed E-state index contributed by atoms with van der Waals surface area (Å²) in [6, 6.07) is -1.63. The van der Waals surface area contributed by atoms with Crippen molar-refractivity contribution in [2.24, 2.45) is 5.41 Å². The molecule has 1 rings (SSSR count). The van der Waals surface area contributed by atoms with Crippen LogP contribution in [0.1, 0.15) is 33.6 Å². The Morgan fingerprint density at radius 3 is 2.45 bits per heavy atom. The monoisotopic (exact) mass is 285 g/mol. The summed E-state index contributed by atoms with van der Waals surface area (Å²) in [6.07, 6.45) is 0.965. The number of piperidine rings is 1. The quantitative estimate of drug-likeness (QED) is 0.699. The number of amides is 3. The fourth-order valence-corrected chi connectivity index (χ4v) is 2.14. The molecule has 1 unspecified atom stereocenters. The van der Waals surface area contributed by atoms with Crippen molar-refractivity contribution >= 4 is 17.9 Å². The van der Waals surface area contributed by atoms with E-state index in [-0.39, 0.29) is 11.9 Å². The summed E-state index contributed by atoms with van der Waals surface area (Å²) < 4.78 is 0. The molecule has 0 aromatic carbocycles. The molecule has 3 N–H and O–H groups in total. The second-order valence-electron chi connectivity index (χ2n) is 6.26. The molecule has 0 radical (unpaired) electrons. The lowest BCUT2D eigenvalue weighted by Gasteiger charge is -2.32. The Balaban J connectivity index is 2.55. The van der Waals surface area contributed by atoms with Gasteiger partial charge in [0.15, 0.2) is 0 Å². The summed E-state index contributed by atoms with van der Waals surface area (Å²) in [6.45, 7) is 5.69. The van der Waals surface area contributed by atoms with Crippen molar-refractivity contribution in [3.63, 3.8) is 0 Å². The van der Waals surface area contributed by atoms with Crippen molar-refractivity contribution in [2.45, 2.75) is 45.7 Å². The molecule has 0 bridgehead atoms. The van der Waals surface area contributed by atoms with Crippen molar-refractivity contribution < 1.29 is 19.5 Å². The maximum Gasteiger partial charge on any atom is 0.326 e. The highest BCUT2D eigenvalue weighted by Gasteiger charge is 2.33. The number of urea groups is 1. The Morgan fingerprint density at radius 1 is 1.40 bits per heavy atom. The average molecular weight is 285 g/mol. The van der Waals surface area contributed by atoms with Crippen LogP contribution in [0.5, 0.6) is 0 Å². The highest BCUT2D eigenvalue weighted by molar-refractivity contribution is 5.83. The molecule has 7 heteroatoms. The third-order valence-corrected chi connectivity index (χ3v) is 3.35. The molecular formula is C13H23N3O4. The number of nitrogens with zero attached hydrogens (tertiary/aromatic N) is 1. The lowest BCUT2D eigenvalue weighted by Crippen LogP contribution is -2.56. The van der Waals surface area contributed by atoms with Gasteiger partial charge in [-0.2, -0.15) is 0 Å². The predicted octanol–water partition coefficient (Wildman–Crippen LogP) is 0.406. The van der Waals surface area contributed by atoms with E-state index in [1.165, 1.54) is 0 Å². The number of carboxylic acid groups (broad SMARTS) is 1. The van der Waals surface area contributed by atoms with Crippen molar-refractivity contribution in [1.29, 1.82) is 0 Å². The van der Waals surface area contributed by atoms with Crippen LogP contribution in [0, 0.1) is 5.41 Å². The third kappa shape index (κ3) is 4.40. The number of likely N-dealkylation sites (N-methyl/N-ethyl adjacent to an activating group) is 1. The van der Waals surface area contributed by atoms with E-state index in [0.29, 0.717) is 19.4 Å². The van der Waals surface area contributed by atoms with Crippen molar-refractivity contribution in [3.8, 4) is 0 Å². The molecule has 0 aromatic heterocycles. The van der Waals surface area contributed by atoms with Crippen molar-refractivity contribution in [3.05, 3.63) is 0 Å². The zero-order valence-corrected chi connectivity index (χ0v) is 12.4. The van der Waals surface area contributed by atoms with Crippen LogP contribution in [-0.4, -0.2) is 53.6 Å². The molecule has 7 nitrogen and oxygen atoms in total. The Hall–Kier alpha value is -1.79. The number of hydrogen-bond donors (Lipinski definition) is 3. The van der Waals surface area contributed by atoms with E-state index < -0.39 is 23.5 Å². The minimum absolute atomic E-state index is 0.0570. The first-order valence-corrected chi connectivity index (χ1v) is 6.65. The van der Waals surface area contributed by atoms with E-state index >= 15 is 0 Å². The van der Waals surface area contributed by atoms with Gasteiger partial charge in [0.25, 0.3) is 0 Å². The lowest BCUT2D eigenvalue weighted by molar-refractivity contribution is -0.141. The summed E-state index contributed by atoms with van der Waals surface area (Å²) >= 11 is 0. The van der Waals surface area contributed by atoms with Gasteiger partial charge >= 0.3 is 12.0 Å². The second-order valence-corrected chi connectivity index (χ2v) is 6.26. The Bertz CT molecular complexity index is 403. The Labute approximate surface area is 118 Å². The zero-order valence-electron chi connectivity index (χ0n) is 12.4. The molecule has 2 atom stereocenters. The molecular weight excluding hydrogens is 262 g/mol. The van der Waals surface area contributed by atoms with Gasteiger partial charge in [0.1, 0.15) is 6.04 Å². The number of rotatable bonds is 3. The first-order chi connectivity index (χ1) is 9.11. The summed E-state index contributed by atoms with van der Waals surface area (Å²) in [7, 11) is 1.68. The minimum Gasteiger partial charge on any atom is -0.480 e. The molecule has 1 heterocycles. The molecule has 0 saturated carbocycles. The van der Waals surface area contributed by atoms with E-state index in [2.05, 4.69) is 10.6 Å².